The first kappa shape index (κ1) is 16.5. The minimum absolute atomic E-state index is 0.0589. The van der Waals surface area contributed by atoms with E-state index in [4.69, 9.17) is 0 Å². The second-order valence-corrected chi connectivity index (χ2v) is 5.68. The van der Waals surface area contributed by atoms with Gasteiger partial charge in [-0.1, -0.05) is 42.5 Å². The van der Waals surface area contributed by atoms with Gasteiger partial charge in [0.05, 0.1) is 29.3 Å². The number of imidazole rings is 1. The highest BCUT2D eigenvalue weighted by atomic mass is 16.1. The van der Waals surface area contributed by atoms with Crippen LogP contribution in [0.4, 0.5) is 0 Å². The second-order valence-electron chi connectivity index (χ2n) is 5.68. The molecule has 5 nitrogen and oxygen atoms in total. The van der Waals surface area contributed by atoms with Crippen LogP contribution in [0, 0.1) is 11.3 Å². The van der Waals surface area contributed by atoms with Crippen LogP contribution in [-0.2, 0) is 11.3 Å². The van der Waals surface area contributed by atoms with E-state index in [1.54, 1.807) is 12.4 Å². The summed E-state index contributed by atoms with van der Waals surface area (Å²) < 4.78 is 2.01. The minimum Gasteiger partial charge on any atom is -0.355 e. The van der Waals surface area contributed by atoms with Gasteiger partial charge in [0.1, 0.15) is 0 Å². The smallest absolute Gasteiger partial charge is 0.216 e. The highest BCUT2D eigenvalue weighted by Gasteiger charge is 2.15. The summed E-state index contributed by atoms with van der Waals surface area (Å²) >= 11 is 0. The zero-order chi connectivity index (χ0) is 17.6. The van der Waals surface area contributed by atoms with E-state index in [2.05, 4.69) is 16.4 Å². The lowest BCUT2D eigenvalue weighted by Gasteiger charge is -2.11. The molecule has 2 aromatic carbocycles. The fraction of sp³-hybridized carbons (Fsp3) is 0.150. The van der Waals surface area contributed by atoms with Gasteiger partial charge in [-0.15, -0.1) is 0 Å². The third kappa shape index (κ3) is 3.75. The normalized spacial score (nSPS) is 10.2. The van der Waals surface area contributed by atoms with Crippen LogP contribution in [0.2, 0.25) is 0 Å². The summed E-state index contributed by atoms with van der Waals surface area (Å²) in [6, 6.07) is 19.6. The molecular weight excluding hydrogens is 312 g/mol. The number of benzene rings is 2. The number of nitriles is 1. The molecule has 0 aliphatic heterocycles. The van der Waals surface area contributed by atoms with Gasteiger partial charge in [-0.2, -0.15) is 5.26 Å². The molecule has 3 aromatic rings. The quantitative estimate of drug-likeness (QED) is 0.781. The summed E-state index contributed by atoms with van der Waals surface area (Å²) in [5, 5.41) is 12.0. The van der Waals surface area contributed by atoms with Gasteiger partial charge in [0.15, 0.2) is 0 Å². The van der Waals surface area contributed by atoms with E-state index in [1.165, 1.54) is 6.92 Å². The van der Waals surface area contributed by atoms with Crippen molar-refractivity contribution in [2.24, 2.45) is 0 Å². The Hall–Kier alpha value is -3.39. The summed E-state index contributed by atoms with van der Waals surface area (Å²) in [7, 11) is 0. The van der Waals surface area contributed by atoms with E-state index in [1.807, 2.05) is 53.1 Å². The van der Waals surface area contributed by atoms with Gasteiger partial charge in [-0.25, -0.2) is 4.98 Å². The topological polar surface area (TPSA) is 70.7 Å². The number of carbonyl (C=O) groups is 1. The Morgan fingerprint density at radius 2 is 1.92 bits per heavy atom. The number of aromatic nitrogens is 2. The van der Waals surface area contributed by atoms with Gasteiger partial charge < -0.3 is 9.88 Å². The van der Waals surface area contributed by atoms with Crippen LogP contribution in [0.1, 0.15) is 12.5 Å². The van der Waals surface area contributed by atoms with Gasteiger partial charge in [0, 0.05) is 31.1 Å². The van der Waals surface area contributed by atoms with Crippen LogP contribution in [0.15, 0.2) is 60.9 Å². The number of amides is 1. The first-order chi connectivity index (χ1) is 12.2. The van der Waals surface area contributed by atoms with E-state index in [0.29, 0.717) is 18.7 Å². The van der Waals surface area contributed by atoms with Gasteiger partial charge in [0.2, 0.25) is 5.91 Å². The van der Waals surface area contributed by atoms with E-state index < -0.39 is 0 Å². The van der Waals surface area contributed by atoms with Crippen LogP contribution in [0.25, 0.3) is 22.5 Å². The van der Waals surface area contributed by atoms with E-state index >= 15 is 0 Å². The second kappa shape index (κ2) is 7.45. The zero-order valence-electron chi connectivity index (χ0n) is 13.9. The Morgan fingerprint density at radius 1 is 1.16 bits per heavy atom. The number of hydrogen-bond donors (Lipinski definition) is 1. The maximum atomic E-state index is 11.1. The molecule has 124 valence electrons. The molecule has 0 bridgehead atoms. The molecule has 25 heavy (non-hydrogen) atoms. The van der Waals surface area contributed by atoms with Crippen molar-refractivity contribution in [3.8, 4) is 28.6 Å². The molecule has 0 saturated carbocycles. The predicted octanol–water partition coefficient (Wildman–Crippen LogP) is 3.22. The summed E-state index contributed by atoms with van der Waals surface area (Å²) in [5.41, 5.74) is 4.34. The Kier molecular flexibility index (Phi) is 4.91. The Bertz CT molecular complexity index is 922. The number of hydrogen-bond acceptors (Lipinski definition) is 3. The molecular formula is C20H18N4O. The monoisotopic (exact) mass is 330 g/mol. The average molecular weight is 330 g/mol. The molecule has 0 aliphatic rings. The lowest BCUT2D eigenvalue weighted by molar-refractivity contribution is -0.118. The largest absolute Gasteiger partial charge is 0.355 e. The molecule has 0 spiro atoms. The molecule has 1 amide bonds. The number of nitrogens with one attached hydrogen (secondary N) is 1. The van der Waals surface area contributed by atoms with E-state index in [-0.39, 0.29) is 5.91 Å². The maximum absolute atomic E-state index is 11.1. The SMILES string of the molecule is CC(=O)NCCn1cnc(-c2ccccc2)c1-c1cccc(C#N)c1. The van der Waals surface area contributed by atoms with Crippen molar-refractivity contribution in [3.63, 3.8) is 0 Å². The van der Waals surface area contributed by atoms with Crippen LogP contribution in [0.5, 0.6) is 0 Å². The van der Waals surface area contributed by atoms with Crippen LogP contribution >= 0.6 is 0 Å². The molecule has 0 atom stereocenters. The molecule has 0 unspecified atom stereocenters. The highest BCUT2D eigenvalue weighted by molar-refractivity contribution is 5.79. The van der Waals surface area contributed by atoms with Crippen molar-refractivity contribution in [1.29, 1.82) is 5.26 Å². The summed E-state index contributed by atoms with van der Waals surface area (Å²) in [6.07, 6.45) is 1.78. The van der Waals surface area contributed by atoms with Crippen molar-refractivity contribution < 1.29 is 4.79 Å². The van der Waals surface area contributed by atoms with Crippen molar-refractivity contribution >= 4 is 5.91 Å². The fourth-order valence-corrected chi connectivity index (χ4v) is 2.75. The first-order valence-corrected chi connectivity index (χ1v) is 8.04. The molecule has 1 N–H and O–H groups in total. The molecule has 0 saturated heterocycles. The molecule has 0 radical (unpaired) electrons. The standard InChI is InChI=1S/C20H18N4O/c1-15(25)22-10-11-24-14-23-19(17-7-3-2-4-8-17)20(24)18-9-5-6-16(12-18)13-21/h2-9,12,14H,10-11H2,1H3,(H,22,25). The van der Waals surface area contributed by atoms with Gasteiger partial charge in [-0.05, 0) is 12.1 Å². The molecule has 1 heterocycles. The van der Waals surface area contributed by atoms with Crippen LogP contribution in [0.3, 0.4) is 0 Å². The van der Waals surface area contributed by atoms with E-state index in [9.17, 15) is 10.1 Å². The van der Waals surface area contributed by atoms with Crippen LogP contribution in [-0.4, -0.2) is 22.0 Å². The van der Waals surface area contributed by atoms with Crippen molar-refractivity contribution in [2.45, 2.75) is 13.5 Å². The third-order valence-corrected chi connectivity index (χ3v) is 3.88. The van der Waals surface area contributed by atoms with Gasteiger partial charge in [-0.3, -0.25) is 4.79 Å². The Morgan fingerprint density at radius 3 is 2.64 bits per heavy atom. The number of nitrogens with zero attached hydrogens (tertiary/aromatic N) is 3. The van der Waals surface area contributed by atoms with Gasteiger partial charge >= 0.3 is 0 Å². The lowest BCUT2D eigenvalue weighted by atomic mass is 10.0. The number of carbonyl (C=O) groups excluding carboxylic acids is 1. The van der Waals surface area contributed by atoms with Crippen molar-refractivity contribution in [3.05, 3.63) is 66.5 Å². The average Bonchev–Trinajstić information content (AvgIpc) is 3.06. The van der Waals surface area contributed by atoms with Gasteiger partial charge in [0.25, 0.3) is 0 Å². The molecule has 3 rings (SSSR count). The Labute approximate surface area is 146 Å². The lowest BCUT2D eigenvalue weighted by Crippen LogP contribution is -2.24. The minimum atomic E-state index is -0.0589. The fourth-order valence-electron chi connectivity index (χ4n) is 2.75. The Balaban J connectivity index is 2.06. The predicted molar refractivity (Wildman–Crippen MR) is 96.5 cm³/mol. The summed E-state index contributed by atoms with van der Waals surface area (Å²) in [4.78, 5) is 15.7. The summed E-state index contributed by atoms with van der Waals surface area (Å²) in [6.45, 7) is 2.62. The molecule has 1 aromatic heterocycles. The zero-order valence-corrected chi connectivity index (χ0v) is 13.9. The van der Waals surface area contributed by atoms with E-state index in [0.717, 1.165) is 22.5 Å². The first-order valence-electron chi connectivity index (χ1n) is 8.04. The molecule has 0 aliphatic carbocycles. The maximum Gasteiger partial charge on any atom is 0.216 e. The van der Waals surface area contributed by atoms with Crippen molar-refractivity contribution in [1.82, 2.24) is 14.9 Å². The van der Waals surface area contributed by atoms with Crippen LogP contribution < -0.4 is 5.32 Å². The number of rotatable bonds is 5. The van der Waals surface area contributed by atoms with Crippen molar-refractivity contribution in [2.75, 3.05) is 6.54 Å². The molecule has 5 heteroatoms. The third-order valence-electron chi connectivity index (χ3n) is 3.88. The molecule has 0 fully saturated rings. The summed E-state index contributed by atoms with van der Waals surface area (Å²) in [5.74, 6) is -0.0589. The highest BCUT2D eigenvalue weighted by Crippen LogP contribution is 2.31.